The van der Waals surface area contributed by atoms with Gasteiger partial charge in [-0.2, -0.15) is 0 Å². The van der Waals surface area contributed by atoms with Gasteiger partial charge in [-0.1, -0.05) is 12.1 Å². The van der Waals surface area contributed by atoms with Gasteiger partial charge in [-0.3, -0.25) is 4.79 Å². The molecule has 3 N–H and O–H groups in total. The third-order valence-corrected chi connectivity index (χ3v) is 3.47. The second-order valence-corrected chi connectivity index (χ2v) is 5.53. The van der Waals surface area contributed by atoms with E-state index in [-0.39, 0.29) is 18.0 Å². The Morgan fingerprint density at radius 1 is 1.33 bits per heavy atom. The maximum absolute atomic E-state index is 11.9. The smallest absolute Gasteiger partial charge is 0.319 e. The Hall–Kier alpha value is -2.08. The van der Waals surface area contributed by atoms with Crippen molar-refractivity contribution in [3.8, 4) is 0 Å². The monoisotopic (exact) mass is 292 g/mol. The van der Waals surface area contributed by atoms with Crippen LogP contribution < -0.4 is 10.6 Å². The van der Waals surface area contributed by atoms with Crippen LogP contribution in [0, 0.1) is 0 Å². The van der Waals surface area contributed by atoms with E-state index >= 15 is 0 Å². The molecule has 1 atom stereocenters. The second kappa shape index (κ2) is 6.58. The summed E-state index contributed by atoms with van der Waals surface area (Å²) in [6.07, 6.45) is 1.39. The normalized spacial score (nSPS) is 21.0. The third kappa shape index (κ3) is 4.75. The molecule has 2 amide bonds. The topological polar surface area (TPSA) is 87.7 Å². The zero-order chi connectivity index (χ0) is 15.3. The Labute approximate surface area is 123 Å². The molecule has 0 bridgehead atoms. The van der Waals surface area contributed by atoms with Crippen LogP contribution in [0.5, 0.6) is 0 Å². The molecule has 0 aromatic heterocycles. The first kappa shape index (κ1) is 15.3. The van der Waals surface area contributed by atoms with Crippen molar-refractivity contribution < 1.29 is 19.4 Å². The Morgan fingerprint density at radius 3 is 2.62 bits per heavy atom. The molecule has 6 heteroatoms. The first-order valence-electron chi connectivity index (χ1n) is 6.94. The van der Waals surface area contributed by atoms with Crippen LogP contribution >= 0.6 is 0 Å². The summed E-state index contributed by atoms with van der Waals surface area (Å²) in [5, 5.41) is 14.3. The summed E-state index contributed by atoms with van der Waals surface area (Å²) in [6.45, 7) is 3.14. The van der Waals surface area contributed by atoms with Crippen molar-refractivity contribution in [1.29, 1.82) is 0 Å². The average molecular weight is 292 g/mol. The quantitative estimate of drug-likeness (QED) is 0.774. The number of carbonyl (C=O) groups excluding carboxylic acids is 1. The number of ether oxygens (including phenoxy) is 1. The number of benzene rings is 1. The number of hydrogen-bond donors (Lipinski definition) is 3. The molecular formula is C15H20N2O4. The van der Waals surface area contributed by atoms with E-state index in [1.54, 1.807) is 12.1 Å². The highest BCUT2D eigenvalue weighted by atomic mass is 16.5. The van der Waals surface area contributed by atoms with Gasteiger partial charge in [0.15, 0.2) is 0 Å². The zero-order valence-corrected chi connectivity index (χ0v) is 12.0. The zero-order valence-electron chi connectivity index (χ0n) is 12.0. The van der Waals surface area contributed by atoms with Crippen LogP contribution in [0.1, 0.15) is 25.3 Å². The highest BCUT2D eigenvalue weighted by molar-refractivity contribution is 5.89. The van der Waals surface area contributed by atoms with Crippen molar-refractivity contribution in [2.24, 2.45) is 0 Å². The molecule has 1 unspecified atom stereocenters. The molecule has 0 radical (unpaired) electrons. The van der Waals surface area contributed by atoms with Crippen LogP contribution in [-0.2, 0) is 16.0 Å². The van der Waals surface area contributed by atoms with Crippen LogP contribution in [0.15, 0.2) is 24.3 Å². The summed E-state index contributed by atoms with van der Waals surface area (Å²) in [6, 6.07) is 6.91. The highest BCUT2D eigenvalue weighted by Gasteiger charge is 2.31. The fourth-order valence-corrected chi connectivity index (χ4v) is 2.21. The summed E-state index contributed by atoms with van der Waals surface area (Å²) in [7, 11) is 0. The predicted octanol–water partition coefficient (Wildman–Crippen LogP) is 2.00. The van der Waals surface area contributed by atoms with Gasteiger partial charge in [-0.05, 0) is 37.5 Å². The molecule has 1 saturated heterocycles. The van der Waals surface area contributed by atoms with Gasteiger partial charge in [0.25, 0.3) is 0 Å². The number of rotatable bonds is 5. The van der Waals surface area contributed by atoms with E-state index in [0.717, 1.165) is 12.0 Å². The van der Waals surface area contributed by atoms with E-state index < -0.39 is 5.97 Å². The molecule has 0 aliphatic carbocycles. The van der Waals surface area contributed by atoms with E-state index in [1.165, 1.54) is 0 Å². The van der Waals surface area contributed by atoms with Crippen LogP contribution in [0.4, 0.5) is 10.5 Å². The van der Waals surface area contributed by atoms with E-state index in [0.29, 0.717) is 25.3 Å². The van der Waals surface area contributed by atoms with Gasteiger partial charge in [-0.15, -0.1) is 0 Å². The van der Waals surface area contributed by atoms with E-state index in [1.807, 2.05) is 19.1 Å². The van der Waals surface area contributed by atoms with E-state index in [2.05, 4.69) is 10.6 Å². The second-order valence-electron chi connectivity index (χ2n) is 5.53. The van der Waals surface area contributed by atoms with Crippen molar-refractivity contribution >= 4 is 17.7 Å². The lowest BCUT2D eigenvalue weighted by Gasteiger charge is -2.23. The van der Waals surface area contributed by atoms with Gasteiger partial charge in [0, 0.05) is 18.7 Å². The molecular weight excluding hydrogens is 272 g/mol. The lowest BCUT2D eigenvalue weighted by Crippen LogP contribution is -2.48. The molecule has 1 fully saturated rings. The van der Waals surface area contributed by atoms with Gasteiger partial charge in [0.05, 0.1) is 12.1 Å². The number of amides is 2. The average Bonchev–Trinajstić information content (AvgIpc) is 2.84. The van der Waals surface area contributed by atoms with Crippen LogP contribution in [0.3, 0.4) is 0 Å². The standard InChI is InChI=1S/C15H20N2O4/c1-15(8-9-21-10-15)17-14(20)16-12-5-2-11(3-6-12)4-7-13(18)19/h2-3,5-6H,4,7-10H2,1H3,(H,18,19)(H2,16,17,20). The van der Waals surface area contributed by atoms with Crippen molar-refractivity contribution in [1.82, 2.24) is 5.32 Å². The molecule has 6 nitrogen and oxygen atoms in total. The summed E-state index contributed by atoms with van der Waals surface area (Å²) >= 11 is 0. The summed E-state index contributed by atoms with van der Waals surface area (Å²) in [5.74, 6) is -0.816. The molecule has 0 saturated carbocycles. The predicted molar refractivity (Wildman–Crippen MR) is 78.4 cm³/mol. The SMILES string of the molecule is CC1(NC(=O)Nc2ccc(CCC(=O)O)cc2)CCOC1. The number of carbonyl (C=O) groups is 2. The third-order valence-electron chi connectivity index (χ3n) is 3.47. The molecule has 1 aliphatic rings. The first-order valence-corrected chi connectivity index (χ1v) is 6.94. The number of nitrogens with one attached hydrogen (secondary N) is 2. The van der Waals surface area contributed by atoms with E-state index in [4.69, 9.17) is 9.84 Å². The lowest BCUT2D eigenvalue weighted by atomic mass is 10.0. The van der Waals surface area contributed by atoms with Crippen LogP contribution in [0.25, 0.3) is 0 Å². The van der Waals surface area contributed by atoms with Crippen molar-refractivity contribution in [2.75, 3.05) is 18.5 Å². The molecule has 21 heavy (non-hydrogen) atoms. The van der Waals surface area contributed by atoms with Crippen molar-refractivity contribution in [3.63, 3.8) is 0 Å². The summed E-state index contributed by atoms with van der Waals surface area (Å²) in [5.41, 5.74) is 1.29. The maximum atomic E-state index is 11.9. The Bertz CT molecular complexity index is 507. The molecule has 2 rings (SSSR count). The molecule has 1 aromatic rings. The fourth-order valence-electron chi connectivity index (χ4n) is 2.21. The van der Waals surface area contributed by atoms with Gasteiger partial charge in [0.2, 0.25) is 0 Å². The van der Waals surface area contributed by atoms with Gasteiger partial charge in [-0.25, -0.2) is 4.79 Å². The Kier molecular flexibility index (Phi) is 4.80. The van der Waals surface area contributed by atoms with Crippen molar-refractivity contribution in [2.45, 2.75) is 31.7 Å². The number of carboxylic acids is 1. The Balaban J connectivity index is 1.85. The number of aryl methyl sites for hydroxylation is 1. The van der Waals surface area contributed by atoms with Gasteiger partial charge < -0.3 is 20.5 Å². The highest BCUT2D eigenvalue weighted by Crippen LogP contribution is 2.18. The maximum Gasteiger partial charge on any atom is 0.319 e. The minimum absolute atomic E-state index is 0.103. The Morgan fingerprint density at radius 2 is 2.05 bits per heavy atom. The van der Waals surface area contributed by atoms with Gasteiger partial charge >= 0.3 is 12.0 Å². The number of anilines is 1. The van der Waals surface area contributed by atoms with Crippen LogP contribution in [0.2, 0.25) is 0 Å². The van der Waals surface area contributed by atoms with Crippen molar-refractivity contribution in [3.05, 3.63) is 29.8 Å². The molecule has 1 aliphatic heterocycles. The fraction of sp³-hybridized carbons (Fsp3) is 0.467. The minimum Gasteiger partial charge on any atom is -0.481 e. The molecule has 114 valence electrons. The number of hydrogen-bond acceptors (Lipinski definition) is 3. The van der Waals surface area contributed by atoms with Gasteiger partial charge in [0.1, 0.15) is 0 Å². The lowest BCUT2D eigenvalue weighted by molar-refractivity contribution is -0.136. The molecule has 1 aromatic carbocycles. The molecule has 0 spiro atoms. The molecule has 1 heterocycles. The largest absolute Gasteiger partial charge is 0.481 e. The van der Waals surface area contributed by atoms with E-state index in [9.17, 15) is 9.59 Å². The summed E-state index contributed by atoms with van der Waals surface area (Å²) < 4.78 is 5.28. The summed E-state index contributed by atoms with van der Waals surface area (Å²) in [4.78, 5) is 22.4. The number of aliphatic carboxylic acids is 1. The van der Waals surface area contributed by atoms with Crippen LogP contribution in [-0.4, -0.2) is 35.9 Å². The number of carboxylic acid groups (broad SMARTS) is 1. The first-order chi connectivity index (χ1) is 9.97. The number of urea groups is 1. The minimum atomic E-state index is -0.816.